The van der Waals surface area contributed by atoms with E-state index in [2.05, 4.69) is 0 Å². The van der Waals surface area contributed by atoms with Gasteiger partial charge in [-0.1, -0.05) is 26.3 Å². The van der Waals surface area contributed by atoms with Crippen molar-refractivity contribution in [3.63, 3.8) is 0 Å². The highest BCUT2D eigenvalue weighted by Gasteiger charge is 2.63. The number of aliphatic hydroxyl groups is 1. The van der Waals surface area contributed by atoms with E-state index in [-0.39, 0.29) is 17.8 Å². The van der Waals surface area contributed by atoms with Crippen LogP contribution in [0.2, 0.25) is 0 Å². The first kappa shape index (κ1) is 23.3. The SMILES string of the molecule is COc1ccc(C(=O)O[C@H]2CC(C)=C[C@H](OC(C)=O)[C@@]3(C)CC[C@@](O)(C(C)C)[C@H]23)cc1. The summed E-state index contributed by atoms with van der Waals surface area (Å²) in [6, 6.07) is 6.78. The third-order valence-corrected chi connectivity index (χ3v) is 7.17. The van der Waals surface area contributed by atoms with E-state index in [1.54, 1.807) is 31.4 Å². The summed E-state index contributed by atoms with van der Waals surface area (Å²) in [6.07, 6.45) is 2.66. The van der Waals surface area contributed by atoms with Crippen molar-refractivity contribution in [3.8, 4) is 5.75 Å². The van der Waals surface area contributed by atoms with Crippen molar-refractivity contribution in [1.82, 2.24) is 0 Å². The lowest BCUT2D eigenvalue weighted by molar-refractivity contribution is -0.161. The molecule has 5 atom stereocenters. The quantitative estimate of drug-likeness (QED) is 0.554. The molecule has 1 N–H and O–H groups in total. The van der Waals surface area contributed by atoms with E-state index in [9.17, 15) is 14.7 Å². The number of methoxy groups -OCH3 is 1. The number of carbonyl (C=O) groups excluding carboxylic acids is 2. The largest absolute Gasteiger partial charge is 0.497 e. The van der Waals surface area contributed by atoms with Crippen molar-refractivity contribution in [3.05, 3.63) is 41.5 Å². The van der Waals surface area contributed by atoms with Crippen LogP contribution in [-0.4, -0.2) is 42.0 Å². The average molecular weight is 431 g/mol. The zero-order valence-electron chi connectivity index (χ0n) is 19.3. The molecular formula is C25H34O6. The predicted molar refractivity (Wildman–Crippen MR) is 117 cm³/mol. The number of benzene rings is 1. The van der Waals surface area contributed by atoms with Crippen LogP contribution in [0.5, 0.6) is 5.75 Å². The molecule has 2 aliphatic rings. The summed E-state index contributed by atoms with van der Waals surface area (Å²) in [5.74, 6) is -0.556. The normalized spacial score (nSPS) is 32.6. The summed E-state index contributed by atoms with van der Waals surface area (Å²) in [5.41, 5.74) is -0.180. The third-order valence-electron chi connectivity index (χ3n) is 7.17. The Morgan fingerprint density at radius 2 is 1.77 bits per heavy atom. The molecule has 0 saturated heterocycles. The molecule has 1 aromatic carbocycles. The second kappa shape index (κ2) is 8.65. The number of esters is 2. The van der Waals surface area contributed by atoms with Gasteiger partial charge in [0.05, 0.1) is 18.3 Å². The van der Waals surface area contributed by atoms with Gasteiger partial charge < -0.3 is 19.3 Å². The molecule has 6 heteroatoms. The first-order chi connectivity index (χ1) is 14.5. The lowest BCUT2D eigenvalue weighted by Gasteiger charge is -2.45. The predicted octanol–water partition coefficient (Wildman–Crippen LogP) is 4.31. The molecule has 0 amide bonds. The maximum absolute atomic E-state index is 13.0. The van der Waals surface area contributed by atoms with E-state index < -0.39 is 29.2 Å². The van der Waals surface area contributed by atoms with Gasteiger partial charge in [0.25, 0.3) is 0 Å². The number of fused-ring (bicyclic) bond motifs is 1. The maximum Gasteiger partial charge on any atom is 0.338 e. The second-order valence-corrected chi connectivity index (χ2v) is 9.55. The minimum absolute atomic E-state index is 0.0436. The van der Waals surface area contributed by atoms with Crippen molar-refractivity contribution in [2.24, 2.45) is 17.3 Å². The molecule has 0 spiro atoms. The van der Waals surface area contributed by atoms with Crippen LogP contribution in [0.15, 0.2) is 35.9 Å². The van der Waals surface area contributed by atoms with E-state index in [0.29, 0.717) is 30.6 Å². The molecular weight excluding hydrogens is 396 g/mol. The Kier molecular flexibility index (Phi) is 6.51. The average Bonchev–Trinajstić information content (AvgIpc) is 2.94. The highest BCUT2D eigenvalue weighted by atomic mass is 16.6. The Morgan fingerprint density at radius 1 is 1.13 bits per heavy atom. The van der Waals surface area contributed by atoms with Crippen LogP contribution in [0, 0.1) is 17.3 Å². The van der Waals surface area contributed by atoms with Gasteiger partial charge in [0.15, 0.2) is 0 Å². The van der Waals surface area contributed by atoms with Crippen LogP contribution in [-0.2, 0) is 14.3 Å². The molecule has 0 aromatic heterocycles. The van der Waals surface area contributed by atoms with Crippen molar-refractivity contribution < 1.29 is 28.9 Å². The summed E-state index contributed by atoms with van der Waals surface area (Å²) in [4.78, 5) is 24.9. The lowest BCUT2D eigenvalue weighted by Crippen LogP contribution is -2.53. The zero-order chi connectivity index (χ0) is 23.0. The summed E-state index contributed by atoms with van der Waals surface area (Å²) in [6.45, 7) is 9.36. The fourth-order valence-corrected chi connectivity index (χ4v) is 5.41. The number of rotatable bonds is 5. The van der Waals surface area contributed by atoms with Gasteiger partial charge in [-0.15, -0.1) is 0 Å². The maximum atomic E-state index is 13.0. The summed E-state index contributed by atoms with van der Waals surface area (Å²) >= 11 is 0. The number of ether oxygens (including phenoxy) is 3. The summed E-state index contributed by atoms with van der Waals surface area (Å²) < 4.78 is 16.9. The Morgan fingerprint density at radius 3 is 2.32 bits per heavy atom. The van der Waals surface area contributed by atoms with Gasteiger partial charge in [0, 0.05) is 24.7 Å². The zero-order valence-corrected chi connectivity index (χ0v) is 19.3. The molecule has 0 radical (unpaired) electrons. The lowest BCUT2D eigenvalue weighted by atomic mass is 9.66. The highest BCUT2D eigenvalue weighted by molar-refractivity contribution is 5.89. The molecule has 0 bridgehead atoms. The molecule has 2 aliphatic carbocycles. The molecule has 6 nitrogen and oxygen atoms in total. The standard InChI is InChI=1S/C25H34O6/c1-15(2)25(28)12-11-24(5)21(30-17(4)26)14-16(3)13-20(22(24)25)31-23(27)18-7-9-19(29-6)10-8-18/h7-10,14-15,20-22,28H,11-13H2,1-6H3/t20-,21-,22+,24+,25+/m0/s1. The van der Waals surface area contributed by atoms with Gasteiger partial charge in [-0.2, -0.15) is 0 Å². The Hall–Kier alpha value is -2.34. The van der Waals surface area contributed by atoms with Gasteiger partial charge in [0.2, 0.25) is 0 Å². The van der Waals surface area contributed by atoms with E-state index in [1.807, 2.05) is 33.8 Å². The fourth-order valence-electron chi connectivity index (χ4n) is 5.41. The molecule has 0 aliphatic heterocycles. The molecule has 0 heterocycles. The van der Waals surface area contributed by atoms with Crippen LogP contribution >= 0.6 is 0 Å². The number of carbonyl (C=O) groups is 2. The first-order valence-corrected chi connectivity index (χ1v) is 10.9. The van der Waals surface area contributed by atoms with Gasteiger partial charge >= 0.3 is 11.9 Å². The van der Waals surface area contributed by atoms with Gasteiger partial charge in [-0.3, -0.25) is 4.79 Å². The number of hydrogen-bond donors (Lipinski definition) is 1. The molecule has 1 aromatic rings. The van der Waals surface area contributed by atoms with E-state index in [1.165, 1.54) is 6.92 Å². The van der Waals surface area contributed by atoms with Crippen molar-refractivity contribution in [2.75, 3.05) is 7.11 Å². The van der Waals surface area contributed by atoms with Crippen LogP contribution in [0.25, 0.3) is 0 Å². The van der Waals surface area contributed by atoms with Crippen molar-refractivity contribution >= 4 is 11.9 Å². The molecule has 1 fully saturated rings. The van der Waals surface area contributed by atoms with Crippen LogP contribution in [0.1, 0.15) is 64.2 Å². The first-order valence-electron chi connectivity index (χ1n) is 10.9. The number of hydrogen-bond acceptors (Lipinski definition) is 6. The Bertz CT molecular complexity index is 857. The van der Waals surface area contributed by atoms with Crippen molar-refractivity contribution in [2.45, 2.75) is 71.7 Å². The summed E-state index contributed by atoms with van der Waals surface area (Å²) in [7, 11) is 1.57. The molecule has 170 valence electrons. The molecule has 1 saturated carbocycles. The highest BCUT2D eigenvalue weighted by Crippen LogP contribution is 2.58. The second-order valence-electron chi connectivity index (χ2n) is 9.55. The van der Waals surface area contributed by atoms with Gasteiger partial charge in [0.1, 0.15) is 18.0 Å². The summed E-state index contributed by atoms with van der Waals surface area (Å²) in [5, 5.41) is 11.7. The van der Waals surface area contributed by atoms with Crippen molar-refractivity contribution in [1.29, 1.82) is 0 Å². The van der Waals surface area contributed by atoms with E-state index in [0.717, 1.165) is 5.57 Å². The molecule has 31 heavy (non-hydrogen) atoms. The molecule has 3 rings (SSSR count). The van der Waals surface area contributed by atoms with Gasteiger partial charge in [-0.25, -0.2) is 4.79 Å². The fraction of sp³-hybridized carbons (Fsp3) is 0.600. The third kappa shape index (κ3) is 4.36. The van der Waals surface area contributed by atoms with Gasteiger partial charge in [-0.05, 0) is 56.0 Å². The van der Waals surface area contributed by atoms with Crippen LogP contribution in [0.4, 0.5) is 0 Å². The van der Waals surface area contributed by atoms with Crippen LogP contribution < -0.4 is 4.74 Å². The topological polar surface area (TPSA) is 82.1 Å². The minimum atomic E-state index is -1.03. The van der Waals surface area contributed by atoms with E-state index >= 15 is 0 Å². The monoisotopic (exact) mass is 430 g/mol. The van der Waals surface area contributed by atoms with Crippen LogP contribution in [0.3, 0.4) is 0 Å². The smallest absolute Gasteiger partial charge is 0.338 e. The minimum Gasteiger partial charge on any atom is -0.497 e. The molecule has 0 unspecified atom stereocenters. The Labute approximate surface area is 184 Å². The van der Waals surface area contributed by atoms with E-state index in [4.69, 9.17) is 14.2 Å². The Balaban J connectivity index is 1.98.